The highest BCUT2D eigenvalue weighted by atomic mass is 32.1. The molecule has 1 aromatic carbocycles. The van der Waals surface area contributed by atoms with Crippen LogP contribution in [0.15, 0.2) is 64.2 Å². The Bertz CT molecular complexity index is 2730. The van der Waals surface area contributed by atoms with E-state index < -0.39 is 24.3 Å². The molecule has 6 aromatic heterocycles. The SMILES string of the molecule is COC(=O)N[C@H](C(=O)N1CCC[C@H]1c1ncc(-c2csc3c(-c4csc5c(-c6cnc(C7CCCN7C(=O)[C@H](NC(=O)OC)c7ccccc7)[nH]6)csc45)csc23)[nH]1)C(C)C. The molecule has 8 heterocycles. The molecule has 61 heavy (non-hydrogen) atoms. The van der Waals surface area contributed by atoms with Crippen LogP contribution in [0.2, 0.25) is 0 Å². The van der Waals surface area contributed by atoms with Crippen LogP contribution in [0.25, 0.3) is 52.4 Å². The number of fused-ring (bicyclic) bond motifs is 2. The van der Waals surface area contributed by atoms with Crippen LogP contribution in [0.1, 0.15) is 74.9 Å². The number of hydrogen-bond acceptors (Lipinski definition) is 12. The molecule has 4 atom stereocenters. The minimum Gasteiger partial charge on any atom is -0.453 e. The first-order valence-electron chi connectivity index (χ1n) is 20.1. The predicted octanol–water partition coefficient (Wildman–Crippen LogP) is 9.49. The van der Waals surface area contributed by atoms with Gasteiger partial charge >= 0.3 is 12.2 Å². The van der Waals surface area contributed by atoms with Gasteiger partial charge in [-0.05, 0) is 37.2 Å². The van der Waals surface area contributed by atoms with Crippen LogP contribution < -0.4 is 10.6 Å². The Hall–Kier alpha value is -5.56. The van der Waals surface area contributed by atoms with Crippen LogP contribution in [-0.2, 0) is 19.1 Å². The van der Waals surface area contributed by atoms with Gasteiger partial charge in [-0.15, -0.1) is 45.3 Å². The van der Waals surface area contributed by atoms with E-state index in [0.717, 1.165) is 59.8 Å². The van der Waals surface area contributed by atoms with Gasteiger partial charge < -0.3 is 39.9 Å². The summed E-state index contributed by atoms with van der Waals surface area (Å²) < 4.78 is 14.4. The number of thiophene rings is 4. The van der Waals surface area contributed by atoms with Crippen LogP contribution in [0, 0.1) is 5.92 Å². The van der Waals surface area contributed by atoms with Crippen LogP contribution in [-0.4, -0.2) is 87.1 Å². The van der Waals surface area contributed by atoms with Crippen molar-refractivity contribution in [1.29, 1.82) is 0 Å². The van der Waals surface area contributed by atoms with E-state index in [0.29, 0.717) is 18.7 Å². The summed E-state index contributed by atoms with van der Waals surface area (Å²) in [5.41, 5.74) is 7.03. The smallest absolute Gasteiger partial charge is 0.407 e. The third-order valence-electron chi connectivity index (χ3n) is 11.6. The number of nitrogens with one attached hydrogen (secondary N) is 4. The van der Waals surface area contributed by atoms with Gasteiger partial charge in [0.2, 0.25) is 5.91 Å². The zero-order valence-corrected chi connectivity index (χ0v) is 37.1. The zero-order valence-electron chi connectivity index (χ0n) is 33.9. The normalized spacial score (nSPS) is 17.7. The molecule has 14 nitrogen and oxygen atoms in total. The zero-order chi connectivity index (χ0) is 42.4. The summed E-state index contributed by atoms with van der Waals surface area (Å²) in [4.78, 5) is 72.4. The molecule has 0 saturated carbocycles. The van der Waals surface area contributed by atoms with E-state index in [9.17, 15) is 19.2 Å². The number of imidazole rings is 2. The summed E-state index contributed by atoms with van der Waals surface area (Å²) in [6.45, 7) is 4.97. The van der Waals surface area contributed by atoms with Crippen molar-refractivity contribution < 1.29 is 28.7 Å². The number of ether oxygens (including phenoxy) is 2. The number of benzene rings is 1. The summed E-state index contributed by atoms with van der Waals surface area (Å²) in [6.07, 6.45) is 5.63. The number of carbonyl (C=O) groups excluding carboxylic acids is 4. The number of nitrogens with zero attached hydrogens (tertiary/aromatic N) is 4. The van der Waals surface area contributed by atoms with Gasteiger partial charge in [0.15, 0.2) is 0 Å². The molecule has 18 heteroatoms. The van der Waals surface area contributed by atoms with E-state index in [4.69, 9.17) is 19.4 Å². The summed E-state index contributed by atoms with van der Waals surface area (Å²) in [5.74, 6) is 1.01. The summed E-state index contributed by atoms with van der Waals surface area (Å²) >= 11 is 6.86. The molecule has 4 amide bonds. The molecule has 0 aliphatic carbocycles. The molecule has 9 rings (SSSR count). The molecule has 2 aliphatic rings. The van der Waals surface area contributed by atoms with Crippen molar-refractivity contribution >= 4 is 88.1 Å². The Labute approximate surface area is 367 Å². The lowest BCUT2D eigenvalue weighted by Crippen LogP contribution is -2.51. The fourth-order valence-corrected chi connectivity index (χ4v) is 13.3. The third kappa shape index (κ3) is 7.59. The molecule has 2 aliphatic heterocycles. The second-order valence-electron chi connectivity index (χ2n) is 15.5. The van der Waals surface area contributed by atoms with Gasteiger partial charge in [-0.3, -0.25) is 9.59 Å². The molecule has 316 valence electrons. The molecular weight excluding hydrogens is 853 g/mol. The summed E-state index contributed by atoms with van der Waals surface area (Å²) in [6, 6.07) is 7.17. The number of rotatable bonds is 11. The number of amides is 4. The van der Waals surface area contributed by atoms with Crippen molar-refractivity contribution in [2.45, 2.75) is 63.7 Å². The highest BCUT2D eigenvalue weighted by Crippen LogP contribution is 2.50. The largest absolute Gasteiger partial charge is 0.453 e. The maximum Gasteiger partial charge on any atom is 0.407 e. The first kappa shape index (κ1) is 40.8. The fraction of sp³-hybridized carbons (Fsp3) is 0.349. The van der Waals surface area contributed by atoms with Crippen LogP contribution >= 0.6 is 45.3 Å². The van der Waals surface area contributed by atoms with Crippen molar-refractivity contribution in [3.8, 4) is 33.6 Å². The highest BCUT2D eigenvalue weighted by Gasteiger charge is 2.39. The lowest BCUT2D eigenvalue weighted by Gasteiger charge is -2.30. The average molecular weight is 897 g/mol. The van der Waals surface area contributed by atoms with Crippen LogP contribution in [0.5, 0.6) is 0 Å². The molecule has 7 aromatic rings. The molecule has 2 saturated heterocycles. The number of carbonyl (C=O) groups is 4. The average Bonchev–Trinajstić information content (AvgIpc) is 4.12. The van der Waals surface area contributed by atoms with Gasteiger partial charge in [-0.1, -0.05) is 44.2 Å². The number of aromatic amines is 2. The molecule has 0 bridgehead atoms. The first-order valence-corrected chi connectivity index (χ1v) is 23.6. The number of methoxy groups -OCH3 is 2. The molecule has 4 N–H and O–H groups in total. The summed E-state index contributed by atoms with van der Waals surface area (Å²) in [7, 11) is 2.58. The van der Waals surface area contributed by atoms with E-state index in [2.05, 4.69) is 42.1 Å². The third-order valence-corrected chi connectivity index (χ3v) is 15.9. The lowest BCUT2D eigenvalue weighted by atomic mass is 10.0. The number of aromatic nitrogens is 4. The van der Waals surface area contributed by atoms with E-state index in [1.54, 1.807) is 45.3 Å². The number of hydrogen-bond donors (Lipinski definition) is 4. The standard InChI is InChI=1S/C43H44N8O6S4/c1-22(2)32(48-42(54)56-3)40(52)50-14-8-12-30(50)38-44-16-28(46-38)26-20-60-34-24(18-58-36(26)34)25-19-59-37-27(21-61-35(25)37)29-17-45-39(47-29)31-13-9-15-51(31)41(53)33(49-43(55)57-4)23-10-6-5-7-11-23/h5-7,10-11,16-22,30-33H,8-9,12-15H2,1-4H3,(H,44,46)(H,45,47)(H,48,54)(H,49,55)/t30-,31?,32-,33+/m0/s1. The maximum atomic E-state index is 14.0. The Morgan fingerprint density at radius 3 is 1.62 bits per heavy atom. The molecule has 0 spiro atoms. The summed E-state index contributed by atoms with van der Waals surface area (Å²) in [5, 5.41) is 14.3. The Kier molecular flexibility index (Phi) is 11.4. The van der Waals surface area contributed by atoms with Gasteiger partial charge in [0, 0.05) is 56.9 Å². The quantitative estimate of drug-likeness (QED) is 0.0994. The maximum absolute atomic E-state index is 14.0. The fourth-order valence-electron chi connectivity index (χ4n) is 8.45. The monoisotopic (exact) mass is 896 g/mol. The van der Waals surface area contributed by atoms with Crippen LogP contribution in [0.4, 0.5) is 9.59 Å². The molecule has 2 fully saturated rings. The van der Waals surface area contributed by atoms with Crippen molar-refractivity contribution in [3.63, 3.8) is 0 Å². The topological polar surface area (TPSA) is 175 Å². The second kappa shape index (κ2) is 17.1. The second-order valence-corrected chi connectivity index (χ2v) is 19.0. The Balaban J connectivity index is 0.936. The van der Waals surface area contributed by atoms with Gasteiger partial charge in [0.1, 0.15) is 23.7 Å². The molecule has 1 unspecified atom stereocenters. The predicted molar refractivity (Wildman–Crippen MR) is 240 cm³/mol. The van der Waals surface area contributed by atoms with E-state index in [1.165, 1.54) is 44.1 Å². The lowest BCUT2D eigenvalue weighted by molar-refractivity contribution is -0.135. The van der Waals surface area contributed by atoms with E-state index in [1.807, 2.05) is 66.4 Å². The number of alkyl carbamates (subject to hydrolysis) is 2. The molecule has 0 radical (unpaired) electrons. The van der Waals surface area contributed by atoms with Crippen molar-refractivity contribution in [1.82, 2.24) is 40.4 Å². The number of H-pyrrole nitrogens is 2. The number of likely N-dealkylation sites (tertiary alicyclic amines) is 2. The van der Waals surface area contributed by atoms with Crippen molar-refractivity contribution in [2.75, 3.05) is 27.3 Å². The minimum absolute atomic E-state index is 0.110. The van der Waals surface area contributed by atoms with Crippen molar-refractivity contribution in [2.24, 2.45) is 5.92 Å². The van der Waals surface area contributed by atoms with Gasteiger partial charge in [0.25, 0.3) is 5.91 Å². The van der Waals surface area contributed by atoms with Crippen molar-refractivity contribution in [3.05, 3.63) is 81.5 Å². The first-order chi connectivity index (χ1) is 29.6. The highest BCUT2D eigenvalue weighted by molar-refractivity contribution is 7.29. The van der Waals surface area contributed by atoms with Gasteiger partial charge in [-0.25, -0.2) is 19.6 Å². The van der Waals surface area contributed by atoms with E-state index >= 15 is 0 Å². The molecular formula is C43H44N8O6S4. The Morgan fingerprint density at radius 2 is 1.13 bits per heavy atom. The Morgan fingerprint density at radius 1 is 0.672 bits per heavy atom. The van der Waals surface area contributed by atoms with E-state index in [-0.39, 0.29) is 29.8 Å². The van der Waals surface area contributed by atoms with Crippen LogP contribution in [0.3, 0.4) is 0 Å². The minimum atomic E-state index is -0.883. The van der Waals surface area contributed by atoms with Gasteiger partial charge in [-0.2, -0.15) is 0 Å². The van der Waals surface area contributed by atoms with Gasteiger partial charge in [0.05, 0.1) is 68.9 Å².